The van der Waals surface area contributed by atoms with Crippen molar-refractivity contribution in [2.75, 3.05) is 0 Å². The van der Waals surface area contributed by atoms with E-state index < -0.39 is 17.0 Å². The molecule has 0 unspecified atom stereocenters. The van der Waals surface area contributed by atoms with Crippen LogP contribution in [0.3, 0.4) is 0 Å². The van der Waals surface area contributed by atoms with Gasteiger partial charge in [0.05, 0.1) is 12.0 Å². The first-order valence-electron chi connectivity index (χ1n) is 14.5. The molecule has 7 heteroatoms. The van der Waals surface area contributed by atoms with Gasteiger partial charge in [0.15, 0.2) is 0 Å². The predicted molar refractivity (Wildman–Crippen MR) is 133 cm³/mol. The van der Waals surface area contributed by atoms with Crippen molar-refractivity contribution in [1.82, 2.24) is 0 Å². The van der Waals surface area contributed by atoms with E-state index in [9.17, 15) is 9.59 Å². The lowest BCUT2D eigenvalue weighted by Crippen LogP contribution is -2.58. The normalized spacial score (nSPS) is 57.5. The molecule has 3 saturated carbocycles. The lowest BCUT2D eigenvalue weighted by molar-refractivity contribution is -0.384. The molecular formula is C30H42O7. The van der Waals surface area contributed by atoms with E-state index >= 15 is 0 Å². The summed E-state index contributed by atoms with van der Waals surface area (Å²) in [4.78, 5) is 37.6. The molecular weight excluding hydrogens is 472 g/mol. The van der Waals surface area contributed by atoms with Crippen LogP contribution >= 0.6 is 0 Å². The molecule has 7 rings (SSSR count). The first kappa shape index (κ1) is 24.6. The summed E-state index contributed by atoms with van der Waals surface area (Å²) in [6.45, 7) is 13.3. The number of esters is 2. The number of ether oxygens (including phenoxy) is 3. The molecule has 0 radical (unpaired) electrons. The van der Waals surface area contributed by atoms with Crippen molar-refractivity contribution in [1.29, 1.82) is 0 Å². The number of fused-ring (bicyclic) bond motifs is 4. The minimum Gasteiger partial charge on any atom is -0.456 e. The highest BCUT2D eigenvalue weighted by molar-refractivity contribution is 5.83. The lowest BCUT2D eigenvalue weighted by Gasteiger charge is -2.59. The number of hydrogen-bond acceptors (Lipinski definition) is 7. The molecule has 0 aromatic heterocycles. The zero-order valence-corrected chi connectivity index (χ0v) is 23.1. The van der Waals surface area contributed by atoms with Gasteiger partial charge in [0, 0.05) is 31.3 Å². The second-order valence-corrected chi connectivity index (χ2v) is 14.7. The average molecular weight is 515 g/mol. The van der Waals surface area contributed by atoms with E-state index in [1.54, 1.807) is 6.08 Å². The lowest BCUT2D eigenvalue weighted by atomic mass is 9.46. The van der Waals surface area contributed by atoms with E-state index in [1.807, 2.05) is 26.8 Å². The third-order valence-electron chi connectivity index (χ3n) is 12.4. The molecule has 7 nitrogen and oxygen atoms in total. The summed E-state index contributed by atoms with van der Waals surface area (Å²) >= 11 is 0. The van der Waals surface area contributed by atoms with E-state index in [0.29, 0.717) is 24.2 Å². The smallest absolute Gasteiger partial charge is 0.331 e. The summed E-state index contributed by atoms with van der Waals surface area (Å²) in [5, 5.41) is 0. The maximum absolute atomic E-state index is 12.4. The first-order chi connectivity index (χ1) is 17.3. The van der Waals surface area contributed by atoms with E-state index in [-0.39, 0.29) is 46.3 Å². The molecule has 11 atom stereocenters. The van der Waals surface area contributed by atoms with E-state index in [0.717, 1.165) is 44.9 Å². The first-order valence-corrected chi connectivity index (χ1v) is 14.5. The van der Waals surface area contributed by atoms with Crippen molar-refractivity contribution in [3.63, 3.8) is 0 Å². The van der Waals surface area contributed by atoms with E-state index in [1.165, 1.54) is 0 Å². The molecule has 37 heavy (non-hydrogen) atoms. The Bertz CT molecular complexity index is 1080. The maximum Gasteiger partial charge on any atom is 0.331 e. The molecule has 3 saturated heterocycles. The van der Waals surface area contributed by atoms with Crippen molar-refractivity contribution in [2.45, 2.75) is 122 Å². The third-order valence-corrected chi connectivity index (χ3v) is 12.4. The van der Waals surface area contributed by atoms with Crippen LogP contribution in [-0.4, -0.2) is 40.6 Å². The summed E-state index contributed by atoms with van der Waals surface area (Å²) < 4.78 is 18.7. The quantitative estimate of drug-likeness (QED) is 0.322. The van der Waals surface area contributed by atoms with Gasteiger partial charge in [-0.1, -0.05) is 27.7 Å². The number of cyclic esters (lactones) is 1. The van der Waals surface area contributed by atoms with Gasteiger partial charge in [0.2, 0.25) is 5.79 Å². The Hall–Kier alpha value is -1.44. The zero-order chi connectivity index (χ0) is 26.2. The molecule has 0 aromatic rings. The highest BCUT2D eigenvalue weighted by Crippen LogP contribution is 2.75. The Morgan fingerprint density at radius 1 is 0.865 bits per heavy atom. The van der Waals surface area contributed by atoms with E-state index in [4.69, 9.17) is 24.0 Å². The van der Waals surface area contributed by atoms with Gasteiger partial charge in [0.1, 0.15) is 16.8 Å². The molecule has 7 aliphatic rings. The van der Waals surface area contributed by atoms with Crippen molar-refractivity contribution in [3.8, 4) is 0 Å². The van der Waals surface area contributed by atoms with Crippen molar-refractivity contribution < 1.29 is 33.6 Å². The summed E-state index contributed by atoms with van der Waals surface area (Å²) in [5.41, 5.74) is -1.62. The van der Waals surface area contributed by atoms with Crippen molar-refractivity contribution in [3.05, 3.63) is 12.2 Å². The Labute approximate surface area is 219 Å². The fraction of sp³-hybridized carbons (Fsp3) is 0.867. The predicted octanol–water partition coefficient (Wildman–Crippen LogP) is 5.26. The van der Waals surface area contributed by atoms with Crippen LogP contribution in [0.1, 0.15) is 92.9 Å². The van der Waals surface area contributed by atoms with Crippen LogP contribution in [0.25, 0.3) is 0 Å². The SMILES string of the molecule is C[C@@H]1C[C@]2(C[C@@H](C)[C@H]3[C@@H](C[C@@]4(C)[C@@H]5CC[C@H]6C(C)(C)OC(=O)C=C[C@@]67C[C@]5(CC[C@]34C)OO7)O2)OC1=O. The molecule has 0 aromatic carbocycles. The van der Waals surface area contributed by atoms with E-state index in [2.05, 4.69) is 20.8 Å². The number of carbonyl (C=O) groups is 2. The van der Waals surface area contributed by atoms with Crippen LogP contribution in [0.15, 0.2) is 12.2 Å². The maximum atomic E-state index is 12.4. The van der Waals surface area contributed by atoms with Gasteiger partial charge >= 0.3 is 11.9 Å². The van der Waals surface area contributed by atoms with Gasteiger partial charge in [0.25, 0.3) is 0 Å². The molecule has 2 bridgehead atoms. The number of rotatable bonds is 0. The molecule has 0 amide bonds. The highest BCUT2D eigenvalue weighted by atomic mass is 17.2. The molecule has 4 heterocycles. The Morgan fingerprint density at radius 2 is 1.62 bits per heavy atom. The van der Waals surface area contributed by atoms with Crippen LogP contribution in [0.4, 0.5) is 0 Å². The highest BCUT2D eigenvalue weighted by Gasteiger charge is 2.75. The molecule has 4 aliphatic heterocycles. The standard InChI is InChI=1S/C30H42O7/c1-17-13-30(14-18(2)24(32)35-30)33-19-15-27(6)21-8-7-20-25(3,4)34-22(31)9-10-28(20)16-29(21,37-36-28)12-11-26(27,5)23(17)19/h9-10,17-21,23H,7-8,11-16H2,1-6H3/t17-,18-,19-,20+,21+,23+,26-,27+,28-,29+,30+/m1/s1. The van der Waals surface area contributed by atoms with Crippen LogP contribution in [0.2, 0.25) is 0 Å². The summed E-state index contributed by atoms with van der Waals surface area (Å²) in [7, 11) is 0. The molecule has 3 aliphatic carbocycles. The van der Waals surface area contributed by atoms with Gasteiger partial charge in [-0.3, -0.25) is 4.79 Å². The van der Waals surface area contributed by atoms with Crippen LogP contribution in [-0.2, 0) is 33.6 Å². The Balaban J connectivity index is 1.26. The minimum absolute atomic E-state index is 0.0163. The van der Waals surface area contributed by atoms with Crippen LogP contribution in [0, 0.1) is 40.4 Å². The molecule has 6 fully saturated rings. The van der Waals surface area contributed by atoms with Gasteiger partial charge in [-0.05, 0) is 80.6 Å². The average Bonchev–Trinajstić information content (AvgIpc) is 3.28. The van der Waals surface area contributed by atoms with Crippen LogP contribution < -0.4 is 0 Å². The van der Waals surface area contributed by atoms with Gasteiger partial charge in [-0.2, -0.15) is 0 Å². The third kappa shape index (κ3) is 3.00. The molecule has 204 valence electrons. The summed E-state index contributed by atoms with van der Waals surface area (Å²) in [6.07, 6.45) is 10.6. The second-order valence-electron chi connectivity index (χ2n) is 14.7. The van der Waals surface area contributed by atoms with Crippen LogP contribution in [0.5, 0.6) is 0 Å². The largest absolute Gasteiger partial charge is 0.456 e. The topological polar surface area (TPSA) is 80.3 Å². The van der Waals surface area contributed by atoms with Gasteiger partial charge in [-0.15, -0.1) is 0 Å². The van der Waals surface area contributed by atoms with Gasteiger partial charge in [-0.25, -0.2) is 14.6 Å². The number of carbonyl (C=O) groups excluding carboxylic acids is 2. The van der Waals surface area contributed by atoms with Gasteiger partial charge < -0.3 is 14.2 Å². The summed E-state index contributed by atoms with van der Waals surface area (Å²) in [5.74, 6) is -0.170. The second kappa shape index (κ2) is 7.19. The minimum atomic E-state index is -0.763. The fourth-order valence-electron chi connectivity index (χ4n) is 11.0. The molecule has 0 N–H and O–H groups in total. The number of hydrogen-bond donors (Lipinski definition) is 0. The summed E-state index contributed by atoms with van der Waals surface area (Å²) in [6, 6.07) is 0. The van der Waals surface area contributed by atoms with Crippen molar-refractivity contribution >= 4 is 11.9 Å². The Kier molecular flexibility index (Phi) is 4.78. The zero-order valence-electron chi connectivity index (χ0n) is 23.1. The monoisotopic (exact) mass is 514 g/mol. The van der Waals surface area contributed by atoms with Crippen molar-refractivity contribution in [2.24, 2.45) is 40.4 Å². The molecule has 3 spiro atoms. The Morgan fingerprint density at radius 3 is 2.35 bits per heavy atom. The fourth-order valence-corrected chi connectivity index (χ4v) is 11.0.